The van der Waals surface area contributed by atoms with Gasteiger partial charge in [-0.15, -0.1) is 0 Å². The fraction of sp³-hybridized carbons (Fsp3) is 0.562. The Morgan fingerprint density at radius 3 is 2.50 bits per heavy atom. The van der Waals surface area contributed by atoms with Gasteiger partial charge in [-0.25, -0.2) is 0 Å². The van der Waals surface area contributed by atoms with Crippen molar-refractivity contribution in [3.63, 3.8) is 0 Å². The largest absolute Gasteiger partial charge is 0.496 e. The van der Waals surface area contributed by atoms with Gasteiger partial charge in [-0.05, 0) is 32.1 Å². The maximum Gasteiger partial charge on any atom is 0.167 e. The molecule has 1 aromatic rings. The van der Waals surface area contributed by atoms with E-state index >= 15 is 0 Å². The second-order valence-electron chi connectivity index (χ2n) is 5.49. The molecule has 20 heavy (non-hydrogen) atoms. The van der Waals surface area contributed by atoms with Gasteiger partial charge < -0.3 is 14.4 Å². The van der Waals surface area contributed by atoms with Gasteiger partial charge in [0.1, 0.15) is 11.5 Å². The summed E-state index contributed by atoms with van der Waals surface area (Å²) in [6.07, 6.45) is 1.34. The summed E-state index contributed by atoms with van der Waals surface area (Å²) in [7, 11) is 7.34. The van der Waals surface area contributed by atoms with E-state index in [9.17, 15) is 4.79 Å². The number of carbonyl (C=O) groups excluding carboxylic acids is 1. The van der Waals surface area contributed by atoms with E-state index in [0.29, 0.717) is 12.2 Å². The topological polar surface area (TPSA) is 38.8 Å². The molecule has 0 saturated heterocycles. The van der Waals surface area contributed by atoms with Gasteiger partial charge in [0.05, 0.1) is 19.8 Å². The average Bonchev–Trinajstić information content (AvgIpc) is 2.72. The lowest BCUT2D eigenvalue weighted by molar-refractivity contribution is 0.0983. The Balaban J connectivity index is 2.60. The van der Waals surface area contributed by atoms with Crippen molar-refractivity contribution in [3.05, 3.63) is 22.8 Å². The number of methoxy groups -OCH3 is 2. The highest BCUT2D eigenvalue weighted by molar-refractivity contribution is 6.04. The molecule has 0 aliphatic heterocycles. The number of hydrogen-bond donors (Lipinski definition) is 0. The number of Topliss-reactive ketones (excluding diaryl/α,β-unsaturated/α-hetero) is 1. The molecule has 4 nitrogen and oxygen atoms in total. The summed E-state index contributed by atoms with van der Waals surface area (Å²) in [5.74, 6) is 1.93. The number of nitrogens with zero attached hydrogens (tertiary/aromatic N) is 1. The van der Waals surface area contributed by atoms with Crippen molar-refractivity contribution in [2.24, 2.45) is 0 Å². The number of hydrogen-bond acceptors (Lipinski definition) is 4. The van der Waals surface area contributed by atoms with Crippen LogP contribution < -0.4 is 9.47 Å². The second-order valence-corrected chi connectivity index (χ2v) is 5.49. The summed E-state index contributed by atoms with van der Waals surface area (Å²) in [6.45, 7) is 2.90. The average molecular weight is 277 g/mol. The Morgan fingerprint density at radius 1 is 1.30 bits per heavy atom. The first-order valence-electron chi connectivity index (χ1n) is 6.99. The van der Waals surface area contributed by atoms with Crippen molar-refractivity contribution in [2.75, 3.05) is 34.9 Å². The van der Waals surface area contributed by atoms with Crippen LogP contribution >= 0.6 is 0 Å². The highest BCUT2D eigenvalue weighted by atomic mass is 16.5. The standard InChI is InChI=1S/C16H23NO3/c1-6-11-14(19-4)8-12-10(9-17(2)3)7-13(18)15(12)16(11)20-5/h8,10H,6-7,9H2,1-5H3/t10-/m1/s1. The molecular formula is C16H23NO3. The first-order chi connectivity index (χ1) is 9.53. The monoisotopic (exact) mass is 277 g/mol. The number of ketones is 1. The molecule has 1 aliphatic rings. The summed E-state index contributed by atoms with van der Waals surface area (Å²) in [5, 5.41) is 0. The van der Waals surface area contributed by atoms with Crippen LogP contribution in [0.25, 0.3) is 0 Å². The van der Waals surface area contributed by atoms with Crippen LogP contribution in [0.2, 0.25) is 0 Å². The molecular weight excluding hydrogens is 254 g/mol. The zero-order valence-corrected chi connectivity index (χ0v) is 12.9. The van der Waals surface area contributed by atoms with Gasteiger partial charge in [-0.2, -0.15) is 0 Å². The van der Waals surface area contributed by atoms with Crippen LogP contribution in [0.5, 0.6) is 11.5 Å². The Kier molecular flexibility index (Phi) is 4.33. The maximum absolute atomic E-state index is 12.4. The molecule has 0 heterocycles. The van der Waals surface area contributed by atoms with Gasteiger partial charge >= 0.3 is 0 Å². The van der Waals surface area contributed by atoms with Crippen LogP contribution in [-0.2, 0) is 6.42 Å². The van der Waals surface area contributed by atoms with Crippen molar-refractivity contribution in [3.8, 4) is 11.5 Å². The normalized spacial score (nSPS) is 17.5. The lowest BCUT2D eigenvalue weighted by atomic mass is 9.96. The molecule has 0 fully saturated rings. The quantitative estimate of drug-likeness (QED) is 0.829. The van der Waals surface area contributed by atoms with E-state index in [2.05, 4.69) is 4.90 Å². The molecule has 0 N–H and O–H groups in total. The molecule has 1 aromatic carbocycles. The zero-order chi connectivity index (χ0) is 14.9. The second kappa shape index (κ2) is 5.83. The Hall–Kier alpha value is -1.55. The molecule has 0 radical (unpaired) electrons. The lowest BCUT2D eigenvalue weighted by Crippen LogP contribution is -2.19. The molecule has 110 valence electrons. The highest BCUT2D eigenvalue weighted by Gasteiger charge is 2.35. The van der Waals surface area contributed by atoms with Crippen LogP contribution in [0, 0.1) is 0 Å². The third-order valence-electron chi connectivity index (χ3n) is 3.89. The first-order valence-corrected chi connectivity index (χ1v) is 6.99. The highest BCUT2D eigenvalue weighted by Crippen LogP contribution is 2.44. The fourth-order valence-electron chi connectivity index (χ4n) is 3.09. The Morgan fingerprint density at radius 2 is 2.00 bits per heavy atom. The fourth-order valence-corrected chi connectivity index (χ4v) is 3.09. The van der Waals surface area contributed by atoms with Gasteiger partial charge in [-0.3, -0.25) is 4.79 Å². The molecule has 4 heteroatoms. The summed E-state index contributed by atoms with van der Waals surface area (Å²) in [5.41, 5.74) is 2.80. The Labute approximate surface area is 120 Å². The minimum absolute atomic E-state index is 0.182. The number of rotatable bonds is 5. The SMILES string of the molecule is CCc1c(OC)cc2c(c1OC)C(=O)C[C@@H]2CN(C)C. The van der Waals surface area contributed by atoms with Gasteiger partial charge in [0.2, 0.25) is 0 Å². The van der Waals surface area contributed by atoms with E-state index in [-0.39, 0.29) is 11.7 Å². The molecule has 1 atom stereocenters. The molecule has 2 rings (SSSR count). The molecule has 0 spiro atoms. The predicted molar refractivity (Wildman–Crippen MR) is 79.2 cm³/mol. The summed E-state index contributed by atoms with van der Waals surface area (Å²) in [6, 6.07) is 2.02. The van der Waals surface area contributed by atoms with Gasteiger partial charge in [-0.1, -0.05) is 6.92 Å². The molecule has 0 unspecified atom stereocenters. The first kappa shape index (κ1) is 14.9. The summed E-state index contributed by atoms with van der Waals surface area (Å²) in [4.78, 5) is 14.5. The van der Waals surface area contributed by atoms with E-state index in [4.69, 9.17) is 9.47 Å². The third-order valence-corrected chi connectivity index (χ3v) is 3.89. The third kappa shape index (κ3) is 2.40. The van der Waals surface area contributed by atoms with Crippen molar-refractivity contribution in [1.29, 1.82) is 0 Å². The van der Waals surface area contributed by atoms with Gasteiger partial charge in [0, 0.05) is 24.4 Å². The van der Waals surface area contributed by atoms with Crippen LogP contribution in [0.15, 0.2) is 6.07 Å². The smallest absolute Gasteiger partial charge is 0.167 e. The van der Waals surface area contributed by atoms with Crippen molar-refractivity contribution in [2.45, 2.75) is 25.7 Å². The van der Waals surface area contributed by atoms with E-state index in [1.807, 2.05) is 27.1 Å². The van der Waals surface area contributed by atoms with Crippen LogP contribution in [0.1, 0.15) is 40.7 Å². The van der Waals surface area contributed by atoms with Crippen LogP contribution in [0.4, 0.5) is 0 Å². The van der Waals surface area contributed by atoms with E-state index in [0.717, 1.165) is 35.4 Å². The number of carbonyl (C=O) groups is 1. The van der Waals surface area contributed by atoms with Crippen molar-refractivity contribution < 1.29 is 14.3 Å². The van der Waals surface area contributed by atoms with Gasteiger partial charge in [0.25, 0.3) is 0 Å². The zero-order valence-electron chi connectivity index (χ0n) is 12.9. The molecule has 0 aromatic heterocycles. The minimum atomic E-state index is 0.182. The minimum Gasteiger partial charge on any atom is -0.496 e. The summed E-state index contributed by atoms with van der Waals surface area (Å²) >= 11 is 0. The van der Waals surface area contributed by atoms with Gasteiger partial charge in [0.15, 0.2) is 5.78 Å². The van der Waals surface area contributed by atoms with E-state index in [1.54, 1.807) is 14.2 Å². The molecule has 1 aliphatic carbocycles. The lowest BCUT2D eigenvalue weighted by Gasteiger charge is -2.19. The van der Waals surface area contributed by atoms with Crippen molar-refractivity contribution in [1.82, 2.24) is 4.90 Å². The van der Waals surface area contributed by atoms with Crippen molar-refractivity contribution >= 4 is 5.78 Å². The van der Waals surface area contributed by atoms with E-state index in [1.165, 1.54) is 0 Å². The van der Waals surface area contributed by atoms with E-state index < -0.39 is 0 Å². The number of fused-ring (bicyclic) bond motifs is 1. The predicted octanol–water partition coefficient (Wildman–Crippen LogP) is 2.50. The number of likely N-dealkylation sites (N-methyl/N-ethyl adjacent to an activating group) is 1. The molecule has 0 saturated carbocycles. The Bertz CT molecular complexity index is 523. The van der Waals surface area contributed by atoms with Crippen LogP contribution in [0.3, 0.4) is 0 Å². The summed E-state index contributed by atoms with van der Waals surface area (Å²) < 4.78 is 11.0. The van der Waals surface area contributed by atoms with Crippen LogP contribution in [-0.4, -0.2) is 45.5 Å². The number of benzene rings is 1. The molecule has 0 amide bonds. The maximum atomic E-state index is 12.4. The molecule has 0 bridgehead atoms. The number of ether oxygens (including phenoxy) is 2.